The molecule has 4 atom stereocenters. The lowest BCUT2D eigenvalue weighted by atomic mass is 10.0. The van der Waals surface area contributed by atoms with Gasteiger partial charge in [0.2, 0.25) is 0 Å². The van der Waals surface area contributed by atoms with E-state index in [0.717, 1.165) is 45.2 Å². The largest absolute Gasteiger partial charge is 0.480 e. The van der Waals surface area contributed by atoms with E-state index in [2.05, 4.69) is 22.1 Å². The maximum absolute atomic E-state index is 10.2. The van der Waals surface area contributed by atoms with Crippen LogP contribution < -0.4 is 27.8 Å². The molecule has 2 rings (SSSR count). The van der Waals surface area contributed by atoms with E-state index in [9.17, 15) is 24.0 Å². The van der Waals surface area contributed by atoms with E-state index in [-0.39, 0.29) is 31.1 Å². The summed E-state index contributed by atoms with van der Waals surface area (Å²) in [5.74, 6) is -4.22. The molecule has 0 aliphatic carbocycles. The van der Waals surface area contributed by atoms with Gasteiger partial charge in [-0.15, -0.1) is 0 Å². The lowest BCUT2D eigenvalue weighted by molar-refractivity contribution is -0.140. The Morgan fingerprint density at radius 1 is 0.800 bits per heavy atom. The van der Waals surface area contributed by atoms with Crippen LogP contribution in [0.15, 0.2) is 0 Å². The number of carboxylic acid groups (broad SMARTS) is 5. The van der Waals surface area contributed by atoms with Crippen molar-refractivity contribution >= 4 is 29.8 Å². The van der Waals surface area contributed by atoms with Crippen LogP contribution in [0.2, 0.25) is 0 Å². The molecular weight excluding hydrogens is 470 g/mol. The zero-order chi connectivity index (χ0) is 28.0. The highest BCUT2D eigenvalue weighted by Gasteiger charge is 2.21. The van der Waals surface area contributed by atoms with Gasteiger partial charge in [-0.2, -0.15) is 0 Å². The van der Waals surface area contributed by atoms with Gasteiger partial charge in [0, 0.05) is 0 Å². The van der Waals surface area contributed by atoms with E-state index < -0.39 is 35.9 Å². The minimum Gasteiger partial charge on any atom is -0.480 e. The van der Waals surface area contributed by atoms with Crippen molar-refractivity contribution in [2.45, 2.75) is 64.1 Å². The molecule has 0 spiro atoms. The van der Waals surface area contributed by atoms with Crippen LogP contribution in [0.25, 0.3) is 0 Å². The van der Waals surface area contributed by atoms with Crippen LogP contribution in [-0.4, -0.2) is 99.7 Å². The molecule has 0 aromatic heterocycles. The average Bonchev–Trinajstić information content (AvgIpc) is 3.54. The topological polar surface area (TPSA) is 289 Å². The number of aliphatic carboxylic acids is 5. The second-order valence-electron chi connectivity index (χ2n) is 7.42. The fourth-order valence-corrected chi connectivity index (χ4v) is 2.29. The van der Waals surface area contributed by atoms with E-state index >= 15 is 0 Å². The summed E-state index contributed by atoms with van der Waals surface area (Å²) in [4.78, 5) is 48.9. The van der Waals surface area contributed by atoms with Crippen LogP contribution in [-0.2, 0) is 24.0 Å². The van der Waals surface area contributed by atoms with Crippen molar-refractivity contribution in [3.05, 3.63) is 0 Å². The van der Waals surface area contributed by atoms with Gasteiger partial charge in [0.25, 0.3) is 0 Å². The molecular formula is C20H41N5O10. The quantitative estimate of drug-likeness (QED) is 0.179. The molecule has 2 aliphatic rings. The molecule has 0 aromatic carbocycles. The van der Waals surface area contributed by atoms with Gasteiger partial charge >= 0.3 is 29.8 Å². The van der Waals surface area contributed by atoms with Gasteiger partial charge in [-0.05, 0) is 44.7 Å². The average molecular weight is 512 g/mol. The van der Waals surface area contributed by atoms with Crippen molar-refractivity contribution in [3.63, 3.8) is 0 Å². The van der Waals surface area contributed by atoms with Crippen LogP contribution in [0.1, 0.15) is 46.0 Å². The molecule has 35 heavy (non-hydrogen) atoms. The van der Waals surface area contributed by atoms with Crippen molar-refractivity contribution < 1.29 is 49.5 Å². The normalized spacial score (nSPS) is 19.3. The first-order valence-electron chi connectivity index (χ1n) is 11.0. The lowest BCUT2D eigenvalue weighted by Gasteiger charge is -2.11. The third-order valence-electron chi connectivity index (χ3n) is 4.61. The van der Waals surface area contributed by atoms with E-state index in [1.54, 1.807) is 0 Å². The summed E-state index contributed by atoms with van der Waals surface area (Å²) in [5, 5.41) is 46.0. The van der Waals surface area contributed by atoms with Gasteiger partial charge in [-0.25, -0.2) is 0 Å². The first kappa shape index (κ1) is 36.7. The summed E-state index contributed by atoms with van der Waals surface area (Å²) in [5.41, 5.74) is 14.4. The summed E-state index contributed by atoms with van der Waals surface area (Å²) in [6.07, 6.45) is 4.38. The zero-order valence-electron chi connectivity index (χ0n) is 20.2. The monoisotopic (exact) mass is 511 g/mol. The number of nitrogens with two attached hydrogens (primary N) is 3. The molecule has 2 fully saturated rings. The van der Waals surface area contributed by atoms with Crippen LogP contribution in [0.4, 0.5) is 0 Å². The Labute approximate surface area is 204 Å². The molecule has 0 aromatic rings. The number of nitrogens with one attached hydrogen (secondary N) is 2. The Kier molecular flexibility index (Phi) is 24.0. The first-order chi connectivity index (χ1) is 16.2. The standard InChI is InChI=1S/C6H13NO2.2C5H9NO2.2C2H5NO2/c1-3-4(2)5(7)6(8)9;2*7-5(8)4-2-1-3-6-4;2*3-1-2(4)5/h4-5H,3,7H2,1-2H3,(H,8,9);2*4,6H,1-3H2,(H,7,8);2*1,3H2,(H,4,5)/t4-,5-;2*4-;;/m000../s1. The summed E-state index contributed by atoms with van der Waals surface area (Å²) in [6.45, 7) is 4.92. The lowest BCUT2D eigenvalue weighted by Crippen LogP contribution is -2.36. The smallest absolute Gasteiger partial charge is 0.320 e. The molecule has 13 N–H and O–H groups in total. The molecule has 0 radical (unpaired) electrons. The Morgan fingerprint density at radius 2 is 1.11 bits per heavy atom. The Morgan fingerprint density at radius 3 is 1.20 bits per heavy atom. The maximum atomic E-state index is 10.2. The molecule has 206 valence electrons. The minimum absolute atomic E-state index is 0.0718. The molecule has 15 nitrogen and oxygen atoms in total. The van der Waals surface area contributed by atoms with Crippen molar-refractivity contribution in [1.82, 2.24) is 10.6 Å². The van der Waals surface area contributed by atoms with E-state index in [1.165, 1.54) is 0 Å². The highest BCUT2D eigenvalue weighted by Crippen LogP contribution is 2.05. The van der Waals surface area contributed by atoms with Crippen LogP contribution >= 0.6 is 0 Å². The van der Waals surface area contributed by atoms with E-state index in [0.29, 0.717) is 0 Å². The summed E-state index contributed by atoms with van der Waals surface area (Å²) >= 11 is 0. The molecule has 2 heterocycles. The van der Waals surface area contributed by atoms with E-state index in [4.69, 9.17) is 31.3 Å². The van der Waals surface area contributed by atoms with Crippen molar-refractivity contribution in [1.29, 1.82) is 0 Å². The second-order valence-corrected chi connectivity index (χ2v) is 7.42. The predicted molar refractivity (Wildman–Crippen MR) is 126 cm³/mol. The third kappa shape index (κ3) is 24.1. The molecule has 0 amide bonds. The van der Waals surface area contributed by atoms with Crippen LogP contribution in [0.5, 0.6) is 0 Å². The number of hydrogen-bond acceptors (Lipinski definition) is 10. The molecule has 0 unspecified atom stereocenters. The number of rotatable bonds is 7. The first-order valence-corrected chi connectivity index (χ1v) is 11.0. The number of carbonyl (C=O) groups is 5. The Hall–Kier alpha value is -2.85. The molecule has 2 aliphatic heterocycles. The summed E-state index contributed by atoms with van der Waals surface area (Å²) < 4.78 is 0. The van der Waals surface area contributed by atoms with Gasteiger partial charge in [0.15, 0.2) is 0 Å². The van der Waals surface area contributed by atoms with Crippen molar-refractivity contribution in [2.24, 2.45) is 23.1 Å². The minimum atomic E-state index is -0.968. The van der Waals surface area contributed by atoms with Gasteiger partial charge < -0.3 is 53.4 Å². The van der Waals surface area contributed by atoms with Crippen molar-refractivity contribution in [2.75, 3.05) is 26.2 Å². The molecule has 15 heteroatoms. The predicted octanol–water partition coefficient (Wildman–Crippen LogP) is -1.85. The number of carboxylic acids is 5. The van der Waals surface area contributed by atoms with Gasteiger partial charge in [-0.3, -0.25) is 24.0 Å². The Balaban J connectivity index is -0.000000373. The Bertz CT molecular complexity index is 583. The molecule has 0 bridgehead atoms. The fourth-order valence-electron chi connectivity index (χ4n) is 2.29. The second kappa shape index (κ2) is 22.9. The highest BCUT2D eigenvalue weighted by molar-refractivity contribution is 5.74. The third-order valence-corrected chi connectivity index (χ3v) is 4.61. The number of hydrogen-bond donors (Lipinski definition) is 10. The van der Waals surface area contributed by atoms with E-state index in [1.807, 2.05) is 13.8 Å². The fraction of sp³-hybridized carbons (Fsp3) is 0.750. The van der Waals surface area contributed by atoms with Gasteiger partial charge in [-0.1, -0.05) is 20.3 Å². The van der Waals surface area contributed by atoms with Gasteiger partial charge in [0.1, 0.15) is 18.1 Å². The SMILES string of the molecule is CC[C@H](C)[C@H](N)C(=O)O.NCC(=O)O.NCC(=O)O.O=C(O)[C@@H]1CCCN1.O=C(O)[C@@H]1CCCN1. The maximum Gasteiger partial charge on any atom is 0.320 e. The van der Waals surface area contributed by atoms with Crippen LogP contribution in [0.3, 0.4) is 0 Å². The highest BCUT2D eigenvalue weighted by atomic mass is 16.4. The van der Waals surface area contributed by atoms with Gasteiger partial charge in [0.05, 0.1) is 13.1 Å². The van der Waals surface area contributed by atoms with Crippen LogP contribution in [0, 0.1) is 5.92 Å². The molecule has 2 saturated heterocycles. The summed E-state index contributed by atoms with van der Waals surface area (Å²) in [6, 6.07) is -1.24. The van der Waals surface area contributed by atoms with Crippen molar-refractivity contribution in [3.8, 4) is 0 Å². The molecule has 0 saturated carbocycles. The zero-order valence-corrected chi connectivity index (χ0v) is 20.2. The summed E-state index contributed by atoms with van der Waals surface area (Å²) in [7, 11) is 0.